The van der Waals surface area contributed by atoms with E-state index in [1.807, 2.05) is 6.92 Å². The first-order valence-electron chi connectivity index (χ1n) is 8.31. The number of fused-ring (bicyclic) bond motifs is 1. The number of hydrogen-bond donors (Lipinski definition) is 3. The van der Waals surface area contributed by atoms with Gasteiger partial charge in [0.25, 0.3) is 0 Å². The highest BCUT2D eigenvalue weighted by Gasteiger charge is 2.19. The second-order valence-corrected chi connectivity index (χ2v) is 7.03. The number of aryl methyl sites for hydroxylation is 1. The first kappa shape index (κ1) is 21.8. The number of anilines is 2. The summed E-state index contributed by atoms with van der Waals surface area (Å²) >= 11 is 1.08. The molecule has 0 bridgehead atoms. The number of ether oxygens (including phenoxy) is 1. The smallest absolute Gasteiger partial charge is 0.346 e. The number of nitrogens with two attached hydrogens (primary N) is 1. The van der Waals surface area contributed by atoms with Gasteiger partial charge in [0.05, 0.1) is 17.2 Å². The molecule has 0 aliphatic rings. The van der Waals surface area contributed by atoms with E-state index in [-0.39, 0.29) is 23.4 Å². The van der Waals surface area contributed by atoms with Gasteiger partial charge in [-0.05, 0) is 44.5 Å². The molecular formula is C18H20ClFN4O3S. The Bertz CT molecular complexity index is 998. The van der Waals surface area contributed by atoms with E-state index in [2.05, 4.69) is 15.3 Å². The molecule has 0 saturated carbocycles. The van der Waals surface area contributed by atoms with Gasteiger partial charge in [0.1, 0.15) is 33.4 Å². The number of benzene rings is 1. The number of halogens is 2. The van der Waals surface area contributed by atoms with Gasteiger partial charge in [-0.25, -0.2) is 19.2 Å². The van der Waals surface area contributed by atoms with Gasteiger partial charge in [-0.1, -0.05) is 0 Å². The minimum atomic E-state index is -1.01. The zero-order chi connectivity index (χ0) is 19.6. The molecule has 1 aromatic carbocycles. The Hall–Kier alpha value is -2.49. The van der Waals surface area contributed by atoms with E-state index in [1.54, 1.807) is 13.0 Å². The fraction of sp³-hybridized carbons (Fsp3) is 0.278. The first-order valence-corrected chi connectivity index (χ1v) is 9.13. The summed E-state index contributed by atoms with van der Waals surface area (Å²) in [5, 5.41) is 13.1. The quantitative estimate of drug-likeness (QED) is 0.521. The van der Waals surface area contributed by atoms with Gasteiger partial charge in [-0.15, -0.1) is 23.7 Å². The van der Waals surface area contributed by atoms with Crippen molar-refractivity contribution in [2.24, 2.45) is 5.73 Å². The van der Waals surface area contributed by atoms with Crippen molar-refractivity contribution in [1.82, 2.24) is 9.97 Å². The van der Waals surface area contributed by atoms with Crippen molar-refractivity contribution in [3.8, 4) is 5.75 Å². The Morgan fingerprint density at radius 1 is 1.43 bits per heavy atom. The van der Waals surface area contributed by atoms with E-state index in [0.29, 0.717) is 46.0 Å². The molecule has 0 spiro atoms. The monoisotopic (exact) mass is 426 g/mol. The average Bonchev–Trinajstić information content (AvgIpc) is 2.95. The van der Waals surface area contributed by atoms with Crippen molar-refractivity contribution in [2.45, 2.75) is 26.4 Å². The summed E-state index contributed by atoms with van der Waals surface area (Å²) in [6, 6.07) is 4.15. The number of thiophene rings is 1. The molecule has 3 rings (SSSR count). The zero-order valence-corrected chi connectivity index (χ0v) is 16.9. The normalized spacial score (nSPS) is 11.7. The highest BCUT2D eigenvalue weighted by Crippen LogP contribution is 2.36. The molecule has 1 atom stereocenters. The topological polar surface area (TPSA) is 110 Å². The molecular weight excluding hydrogens is 407 g/mol. The summed E-state index contributed by atoms with van der Waals surface area (Å²) in [6.45, 7) is 4.02. The van der Waals surface area contributed by atoms with Crippen LogP contribution in [0.25, 0.3) is 10.2 Å². The molecule has 2 heterocycles. The first-order chi connectivity index (χ1) is 12.9. The van der Waals surface area contributed by atoms with E-state index in [9.17, 15) is 14.3 Å². The highest BCUT2D eigenvalue weighted by atomic mass is 35.5. The van der Waals surface area contributed by atoms with Crippen LogP contribution in [0.5, 0.6) is 5.75 Å². The van der Waals surface area contributed by atoms with Crippen molar-refractivity contribution >= 4 is 51.4 Å². The van der Waals surface area contributed by atoms with Crippen molar-refractivity contribution < 1.29 is 19.0 Å². The van der Waals surface area contributed by atoms with Gasteiger partial charge in [0, 0.05) is 6.07 Å². The number of nitrogens with one attached hydrogen (secondary N) is 1. The van der Waals surface area contributed by atoms with Crippen molar-refractivity contribution in [2.75, 3.05) is 11.9 Å². The third-order valence-corrected chi connectivity index (χ3v) is 5.21. The van der Waals surface area contributed by atoms with E-state index < -0.39 is 11.8 Å². The lowest BCUT2D eigenvalue weighted by Gasteiger charge is -2.18. The van der Waals surface area contributed by atoms with Crippen molar-refractivity contribution in [1.29, 1.82) is 0 Å². The minimum absolute atomic E-state index is 0. The Kier molecular flexibility index (Phi) is 7.11. The van der Waals surface area contributed by atoms with Crippen LogP contribution in [0, 0.1) is 12.7 Å². The number of aromatic nitrogens is 2. The third kappa shape index (κ3) is 4.49. The van der Waals surface area contributed by atoms with Crippen LogP contribution in [-0.2, 0) is 0 Å². The van der Waals surface area contributed by atoms with Crippen LogP contribution in [0.3, 0.4) is 0 Å². The molecule has 0 radical (unpaired) electrons. The maximum Gasteiger partial charge on any atom is 0.346 e. The molecule has 10 heteroatoms. The van der Waals surface area contributed by atoms with Crippen molar-refractivity contribution in [3.05, 3.63) is 40.8 Å². The Labute approximate surface area is 171 Å². The molecule has 28 heavy (non-hydrogen) atoms. The molecule has 3 aromatic rings. The number of aromatic carboxylic acids is 1. The predicted molar refractivity (Wildman–Crippen MR) is 110 cm³/mol. The van der Waals surface area contributed by atoms with Gasteiger partial charge >= 0.3 is 5.97 Å². The highest BCUT2D eigenvalue weighted by molar-refractivity contribution is 7.20. The Morgan fingerprint density at radius 2 is 2.18 bits per heavy atom. The number of carboxylic acid groups (broad SMARTS) is 1. The van der Waals surface area contributed by atoms with Gasteiger partial charge in [-0.2, -0.15) is 0 Å². The SMILES string of the molecule is Cc1c(C(=O)O)sc2ncnc(Nc3ccc(F)cc3OC(C)CCN)c12.Cl. The third-order valence-electron chi connectivity index (χ3n) is 4.02. The van der Waals surface area contributed by atoms with Crippen LogP contribution in [-0.4, -0.2) is 33.7 Å². The van der Waals surface area contributed by atoms with E-state index in [4.69, 9.17) is 10.5 Å². The standard InChI is InChI=1S/C18H19FN4O3S.ClH/c1-9(5-6-20)26-13-7-11(19)3-4-12(13)23-16-14-10(2)15(18(24)25)27-17(14)22-8-21-16;/h3-4,7-9H,5-6,20H2,1-2H3,(H,24,25)(H,21,22,23);1H. The van der Waals surface area contributed by atoms with Crippen LogP contribution < -0.4 is 15.8 Å². The molecule has 0 fully saturated rings. The predicted octanol–water partition coefficient (Wildman–Crippen LogP) is 4.12. The lowest BCUT2D eigenvalue weighted by Crippen LogP contribution is -2.17. The van der Waals surface area contributed by atoms with Crippen LogP contribution in [0.2, 0.25) is 0 Å². The molecule has 2 aromatic heterocycles. The van der Waals surface area contributed by atoms with Crippen LogP contribution in [0.4, 0.5) is 15.9 Å². The minimum Gasteiger partial charge on any atom is -0.488 e. The molecule has 7 nitrogen and oxygen atoms in total. The Morgan fingerprint density at radius 3 is 2.86 bits per heavy atom. The molecule has 1 unspecified atom stereocenters. The zero-order valence-electron chi connectivity index (χ0n) is 15.2. The van der Waals surface area contributed by atoms with E-state index >= 15 is 0 Å². The summed E-state index contributed by atoms with van der Waals surface area (Å²) in [5.41, 5.74) is 6.64. The Balaban J connectivity index is 0.00000280. The average molecular weight is 427 g/mol. The number of rotatable bonds is 7. The number of hydrogen-bond acceptors (Lipinski definition) is 7. The fourth-order valence-electron chi connectivity index (χ4n) is 2.71. The molecule has 0 amide bonds. The molecule has 0 aliphatic heterocycles. The maximum absolute atomic E-state index is 13.7. The van der Waals surface area contributed by atoms with Crippen molar-refractivity contribution in [3.63, 3.8) is 0 Å². The fourth-order valence-corrected chi connectivity index (χ4v) is 3.69. The van der Waals surface area contributed by atoms with E-state index in [1.165, 1.54) is 18.5 Å². The summed E-state index contributed by atoms with van der Waals surface area (Å²) in [5.74, 6) is -0.677. The summed E-state index contributed by atoms with van der Waals surface area (Å²) in [4.78, 5) is 20.6. The van der Waals surface area contributed by atoms with Gasteiger partial charge < -0.3 is 20.9 Å². The molecule has 0 aliphatic carbocycles. The van der Waals surface area contributed by atoms with Gasteiger partial charge in [0.15, 0.2) is 0 Å². The second-order valence-electron chi connectivity index (χ2n) is 6.04. The van der Waals surface area contributed by atoms with Crippen LogP contribution >= 0.6 is 23.7 Å². The lowest BCUT2D eigenvalue weighted by atomic mass is 10.2. The molecule has 4 N–H and O–H groups in total. The number of carboxylic acids is 1. The van der Waals surface area contributed by atoms with Crippen LogP contribution in [0.15, 0.2) is 24.5 Å². The largest absolute Gasteiger partial charge is 0.488 e. The van der Waals surface area contributed by atoms with Crippen LogP contribution in [0.1, 0.15) is 28.6 Å². The maximum atomic E-state index is 13.7. The second kappa shape index (κ2) is 9.13. The number of nitrogens with zero attached hydrogens (tertiary/aromatic N) is 2. The molecule has 150 valence electrons. The summed E-state index contributed by atoms with van der Waals surface area (Å²) in [7, 11) is 0. The lowest BCUT2D eigenvalue weighted by molar-refractivity contribution is 0.0701. The van der Waals surface area contributed by atoms with Gasteiger partial charge in [-0.3, -0.25) is 0 Å². The summed E-state index contributed by atoms with van der Waals surface area (Å²) < 4.78 is 19.5. The van der Waals surface area contributed by atoms with Gasteiger partial charge in [0.2, 0.25) is 0 Å². The summed E-state index contributed by atoms with van der Waals surface area (Å²) in [6.07, 6.45) is 1.79. The molecule has 0 saturated heterocycles. The number of carbonyl (C=O) groups is 1. The van der Waals surface area contributed by atoms with E-state index in [0.717, 1.165) is 11.3 Å².